The molecule has 0 atom stereocenters. The molecule has 0 spiro atoms. The molecule has 0 saturated heterocycles. The zero-order chi connectivity index (χ0) is 10.3. The first kappa shape index (κ1) is 8.86. The van der Waals surface area contributed by atoms with E-state index in [1.807, 2.05) is 0 Å². The molecular weight excluding hydrogens is 190 g/mol. The Hall–Kier alpha value is -1.72. The van der Waals surface area contributed by atoms with Gasteiger partial charge < -0.3 is 9.13 Å². The largest absolute Gasteiger partial charge is 0.310 e. The Balaban J connectivity index is 2.49. The molecule has 2 aromatic rings. The van der Waals surface area contributed by atoms with Gasteiger partial charge in [-0.3, -0.25) is 0 Å². The fourth-order valence-corrected chi connectivity index (χ4v) is 1.13. The second-order valence-electron chi connectivity index (χ2n) is 3.01. The van der Waals surface area contributed by atoms with Gasteiger partial charge in [0.25, 0.3) is 12.2 Å². The molecule has 0 aliphatic heterocycles. The summed E-state index contributed by atoms with van der Waals surface area (Å²) in [5.74, 6) is 0. The standard InChI is InChI=1S/C8H8F2N4/c1-13-3-5(11-7(13)9)6-4-14(2)8(10)12-6/h3-4H,1-2H3. The molecule has 0 N–H and O–H groups in total. The molecule has 2 rings (SSSR count). The summed E-state index contributed by atoms with van der Waals surface area (Å²) in [4.78, 5) is 7.18. The minimum absolute atomic E-state index is 0.324. The minimum atomic E-state index is -0.619. The molecule has 0 aliphatic rings. The van der Waals surface area contributed by atoms with E-state index >= 15 is 0 Å². The fourth-order valence-electron chi connectivity index (χ4n) is 1.13. The quantitative estimate of drug-likeness (QED) is 0.687. The number of imidazole rings is 2. The van der Waals surface area contributed by atoms with Crippen LogP contribution in [0.5, 0.6) is 0 Å². The average Bonchev–Trinajstić information content (AvgIpc) is 2.60. The molecule has 0 saturated carbocycles. The van der Waals surface area contributed by atoms with Crippen molar-refractivity contribution in [2.45, 2.75) is 0 Å². The van der Waals surface area contributed by atoms with Crippen LogP contribution in [0.4, 0.5) is 8.78 Å². The molecule has 0 radical (unpaired) electrons. The van der Waals surface area contributed by atoms with Gasteiger partial charge in [-0.15, -0.1) is 0 Å². The second-order valence-corrected chi connectivity index (χ2v) is 3.01. The van der Waals surface area contributed by atoms with Gasteiger partial charge in [0, 0.05) is 26.5 Å². The maximum absolute atomic E-state index is 12.9. The van der Waals surface area contributed by atoms with Crippen molar-refractivity contribution in [1.82, 2.24) is 19.1 Å². The van der Waals surface area contributed by atoms with Crippen molar-refractivity contribution >= 4 is 0 Å². The van der Waals surface area contributed by atoms with Gasteiger partial charge in [0.2, 0.25) is 0 Å². The molecule has 14 heavy (non-hydrogen) atoms. The zero-order valence-corrected chi connectivity index (χ0v) is 7.70. The van der Waals surface area contributed by atoms with E-state index in [9.17, 15) is 8.78 Å². The summed E-state index contributed by atoms with van der Waals surface area (Å²) in [6.07, 6.45) is 1.67. The van der Waals surface area contributed by atoms with E-state index in [4.69, 9.17) is 0 Å². The van der Waals surface area contributed by atoms with Crippen LogP contribution < -0.4 is 0 Å². The van der Waals surface area contributed by atoms with Gasteiger partial charge in [0.05, 0.1) is 0 Å². The van der Waals surface area contributed by atoms with Gasteiger partial charge in [0.15, 0.2) is 0 Å². The average molecular weight is 198 g/mol. The highest BCUT2D eigenvalue weighted by Crippen LogP contribution is 2.16. The van der Waals surface area contributed by atoms with Crippen LogP contribution in [-0.4, -0.2) is 19.1 Å². The molecule has 0 fully saturated rings. The lowest BCUT2D eigenvalue weighted by Gasteiger charge is -1.85. The van der Waals surface area contributed by atoms with E-state index in [-0.39, 0.29) is 0 Å². The summed E-state index contributed by atoms with van der Waals surface area (Å²) in [6, 6.07) is 0. The van der Waals surface area contributed by atoms with E-state index in [2.05, 4.69) is 9.97 Å². The summed E-state index contributed by atoms with van der Waals surface area (Å²) in [6.45, 7) is 0. The Kier molecular flexibility index (Phi) is 1.83. The number of hydrogen-bond donors (Lipinski definition) is 0. The Labute approximate surface area is 78.8 Å². The highest BCUT2D eigenvalue weighted by molar-refractivity contribution is 5.51. The van der Waals surface area contributed by atoms with Crippen LogP contribution in [0, 0.1) is 12.2 Å². The number of rotatable bonds is 1. The van der Waals surface area contributed by atoms with Crippen molar-refractivity contribution in [2.75, 3.05) is 0 Å². The van der Waals surface area contributed by atoms with Crippen LogP contribution in [0.15, 0.2) is 12.4 Å². The first-order valence-electron chi connectivity index (χ1n) is 3.96. The number of halogens is 2. The smallest absolute Gasteiger partial charge is 0.289 e. The van der Waals surface area contributed by atoms with E-state index < -0.39 is 12.2 Å². The van der Waals surface area contributed by atoms with E-state index in [0.29, 0.717) is 11.4 Å². The molecule has 4 nitrogen and oxygen atoms in total. The van der Waals surface area contributed by atoms with Crippen LogP contribution >= 0.6 is 0 Å². The van der Waals surface area contributed by atoms with E-state index in [1.54, 1.807) is 0 Å². The number of nitrogens with zero attached hydrogens (tertiary/aromatic N) is 4. The Morgan fingerprint density at radius 3 is 1.50 bits per heavy atom. The van der Waals surface area contributed by atoms with Crippen molar-refractivity contribution in [3.05, 3.63) is 24.6 Å². The maximum atomic E-state index is 12.9. The highest BCUT2D eigenvalue weighted by Gasteiger charge is 2.11. The van der Waals surface area contributed by atoms with Gasteiger partial charge in [-0.2, -0.15) is 8.78 Å². The Bertz CT molecular complexity index is 388. The van der Waals surface area contributed by atoms with Crippen LogP contribution in [0.3, 0.4) is 0 Å². The van der Waals surface area contributed by atoms with Crippen molar-refractivity contribution in [2.24, 2.45) is 14.1 Å². The van der Waals surface area contributed by atoms with Gasteiger partial charge in [-0.1, -0.05) is 0 Å². The summed E-state index contributed by atoms with van der Waals surface area (Å²) in [5.41, 5.74) is 0.647. The molecule has 0 bridgehead atoms. The van der Waals surface area contributed by atoms with Crippen molar-refractivity contribution < 1.29 is 8.78 Å². The lowest BCUT2D eigenvalue weighted by atomic mass is 10.4. The lowest BCUT2D eigenvalue weighted by molar-refractivity contribution is 0.499. The maximum Gasteiger partial charge on any atom is 0.289 e. The molecule has 2 aromatic heterocycles. The number of aryl methyl sites for hydroxylation is 2. The summed E-state index contributed by atoms with van der Waals surface area (Å²) < 4.78 is 28.1. The molecule has 0 aromatic carbocycles. The van der Waals surface area contributed by atoms with Crippen LogP contribution in [0.25, 0.3) is 11.4 Å². The summed E-state index contributed by atoms with van der Waals surface area (Å²) in [7, 11) is 3.04. The summed E-state index contributed by atoms with van der Waals surface area (Å²) >= 11 is 0. The molecule has 0 unspecified atom stereocenters. The van der Waals surface area contributed by atoms with Crippen molar-refractivity contribution in [3.8, 4) is 11.4 Å². The molecule has 2 heterocycles. The molecule has 0 aliphatic carbocycles. The van der Waals surface area contributed by atoms with Crippen LogP contribution in [-0.2, 0) is 14.1 Å². The highest BCUT2D eigenvalue weighted by atomic mass is 19.1. The van der Waals surface area contributed by atoms with Gasteiger partial charge in [0.1, 0.15) is 11.4 Å². The molecule has 6 heteroatoms. The Morgan fingerprint density at radius 2 is 1.29 bits per heavy atom. The predicted octanol–water partition coefficient (Wildman–Crippen LogP) is 1.10. The van der Waals surface area contributed by atoms with Crippen molar-refractivity contribution in [1.29, 1.82) is 0 Å². The van der Waals surface area contributed by atoms with Crippen LogP contribution in [0.1, 0.15) is 0 Å². The molecule has 74 valence electrons. The monoisotopic (exact) mass is 198 g/mol. The topological polar surface area (TPSA) is 35.6 Å². The number of aromatic nitrogens is 4. The summed E-state index contributed by atoms with van der Waals surface area (Å²) in [5, 5.41) is 0. The zero-order valence-electron chi connectivity index (χ0n) is 7.70. The predicted molar refractivity (Wildman–Crippen MR) is 45.3 cm³/mol. The SMILES string of the molecule is Cn1cc(-c2cn(C)c(F)n2)nc1F. The third kappa shape index (κ3) is 1.28. The van der Waals surface area contributed by atoms with Crippen LogP contribution in [0.2, 0.25) is 0 Å². The van der Waals surface area contributed by atoms with Gasteiger partial charge in [-0.25, -0.2) is 9.97 Å². The third-order valence-corrected chi connectivity index (χ3v) is 1.90. The first-order chi connectivity index (χ1) is 6.58. The minimum Gasteiger partial charge on any atom is -0.310 e. The third-order valence-electron chi connectivity index (χ3n) is 1.90. The number of hydrogen-bond acceptors (Lipinski definition) is 2. The lowest BCUT2D eigenvalue weighted by Crippen LogP contribution is -1.88. The first-order valence-corrected chi connectivity index (χ1v) is 3.96. The van der Waals surface area contributed by atoms with E-state index in [0.717, 1.165) is 0 Å². The fraction of sp³-hybridized carbons (Fsp3) is 0.250. The van der Waals surface area contributed by atoms with E-state index in [1.165, 1.54) is 35.6 Å². The van der Waals surface area contributed by atoms with Crippen molar-refractivity contribution in [3.63, 3.8) is 0 Å². The Morgan fingerprint density at radius 1 is 0.929 bits per heavy atom. The second kappa shape index (κ2) is 2.90. The normalized spacial score (nSPS) is 10.9. The molecular formula is C8H8F2N4. The molecule has 0 amide bonds. The van der Waals surface area contributed by atoms with Gasteiger partial charge in [-0.05, 0) is 0 Å². The van der Waals surface area contributed by atoms with Gasteiger partial charge >= 0.3 is 0 Å².